The average molecular weight is 353 g/mol. The fourth-order valence-electron chi connectivity index (χ4n) is 2.33. The molecule has 0 bridgehead atoms. The van der Waals surface area contributed by atoms with Gasteiger partial charge in [-0.15, -0.1) is 0 Å². The van der Waals surface area contributed by atoms with E-state index in [2.05, 4.69) is 0 Å². The molecule has 0 heterocycles. The van der Waals surface area contributed by atoms with Gasteiger partial charge in [0.1, 0.15) is 11.5 Å². The molecule has 2 aromatic carbocycles. The van der Waals surface area contributed by atoms with Gasteiger partial charge in [0.25, 0.3) is 5.91 Å². The minimum Gasteiger partial charge on any atom is -0.497 e. The van der Waals surface area contributed by atoms with Crippen LogP contribution < -0.4 is 9.47 Å². The Balaban J connectivity index is 2.18. The van der Waals surface area contributed by atoms with Crippen molar-refractivity contribution in [3.05, 3.63) is 59.2 Å². The lowest BCUT2D eigenvalue weighted by Gasteiger charge is -2.19. The lowest BCUT2D eigenvalue weighted by Crippen LogP contribution is -2.26. The number of rotatable bonds is 5. The summed E-state index contributed by atoms with van der Waals surface area (Å²) in [5.74, 6) is 0.577. The van der Waals surface area contributed by atoms with Crippen molar-refractivity contribution in [1.29, 1.82) is 0 Å². The molecule has 7 heteroatoms. The van der Waals surface area contributed by atoms with Gasteiger partial charge in [-0.25, -0.2) is 0 Å². The molecule has 2 rings (SSSR count). The summed E-state index contributed by atoms with van der Waals surface area (Å²) in [6.45, 7) is 0.164. The first-order valence-corrected chi connectivity index (χ1v) is 7.40. The van der Waals surface area contributed by atoms with E-state index in [-0.39, 0.29) is 12.5 Å². The average Bonchev–Trinajstić information content (AvgIpc) is 2.60. The highest BCUT2D eigenvalue weighted by molar-refractivity contribution is 5.97. The molecular weight excluding hydrogens is 335 g/mol. The van der Waals surface area contributed by atoms with Crippen LogP contribution >= 0.6 is 0 Å². The van der Waals surface area contributed by atoms with Crippen LogP contribution in [0.1, 0.15) is 21.5 Å². The van der Waals surface area contributed by atoms with Crippen LogP contribution in [0.15, 0.2) is 42.5 Å². The van der Waals surface area contributed by atoms with E-state index in [9.17, 15) is 18.0 Å². The predicted molar refractivity (Wildman–Crippen MR) is 86.8 cm³/mol. The van der Waals surface area contributed by atoms with Crippen LogP contribution in [0.25, 0.3) is 0 Å². The maximum atomic E-state index is 12.6. The van der Waals surface area contributed by atoms with Gasteiger partial charge in [0.15, 0.2) is 0 Å². The van der Waals surface area contributed by atoms with Gasteiger partial charge in [0.2, 0.25) is 0 Å². The third kappa shape index (κ3) is 4.43. The van der Waals surface area contributed by atoms with Crippen molar-refractivity contribution in [1.82, 2.24) is 4.90 Å². The van der Waals surface area contributed by atoms with Crippen molar-refractivity contribution in [2.45, 2.75) is 12.7 Å². The van der Waals surface area contributed by atoms with Crippen molar-refractivity contribution in [2.24, 2.45) is 0 Å². The van der Waals surface area contributed by atoms with Crippen LogP contribution in [0, 0.1) is 0 Å². The molecule has 0 saturated heterocycles. The van der Waals surface area contributed by atoms with Crippen LogP contribution in [0.3, 0.4) is 0 Å². The second-order valence-corrected chi connectivity index (χ2v) is 5.42. The van der Waals surface area contributed by atoms with Gasteiger partial charge in [-0.3, -0.25) is 4.79 Å². The summed E-state index contributed by atoms with van der Waals surface area (Å²) in [4.78, 5) is 14.0. The maximum absolute atomic E-state index is 12.6. The SMILES string of the molecule is COc1ccc(OC)c(C(=O)N(C)Cc2ccc(C(F)(F)F)cc2)c1. The molecule has 0 N–H and O–H groups in total. The first-order chi connectivity index (χ1) is 11.8. The molecule has 0 radical (unpaired) electrons. The minimum atomic E-state index is -4.38. The fraction of sp³-hybridized carbons (Fsp3) is 0.278. The molecule has 0 unspecified atom stereocenters. The quantitative estimate of drug-likeness (QED) is 0.816. The molecule has 4 nitrogen and oxygen atoms in total. The lowest BCUT2D eigenvalue weighted by molar-refractivity contribution is -0.137. The second-order valence-electron chi connectivity index (χ2n) is 5.42. The second kappa shape index (κ2) is 7.46. The summed E-state index contributed by atoms with van der Waals surface area (Å²) >= 11 is 0. The number of halogens is 3. The normalized spacial score (nSPS) is 11.1. The van der Waals surface area contributed by atoms with Gasteiger partial charge in [-0.05, 0) is 35.9 Å². The van der Waals surface area contributed by atoms with Gasteiger partial charge in [0.05, 0.1) is 25.3 Å². The topological polar surface area (TPSA) is 38.8 Å². The van der Waals surface area contributed by atoms with Gasteiger partial charge in [0, 0.05) is 13.6 Å². The Morgan fingerprint density at radius 2 is 1.68 bits per heavy atom. The molecule has 25 heavy (non-hydrogen) atoms. The summed E-state index contributed by atoms with van der Waals surface area (Å²) in [5, 5.41) is 0. The Kier molecular flexibility index (Phi) is 5.56. The Morgan fingerprint density at radius 3 is 2.20 bits per heavy atom. The monoisotopic (exact) mass is 353 g/mol. The molecule has 0 aliphatic carbocycles. The molecule has 0 fully saturated rings. The third-order valence-corrected chi connectivity index (χ3v) is 3.68. The van der Waals surface area contributed by atoms with Gasteiger partial charge in [-0.2, -0.15) is 13.2 Å². The summed E-state index contributed by atoms with van der Waals surface area (Å²) in [6, 6.07) is 9.57. The molecule has 0 aromatic heterocycles. The van der Waals surface area contributed by atoms with Crippen molar-refractivity contribution in [2.75, 3.05) is 21.3 Å². The molecule has 1 amide bonds. The summed E-state index contributed by atoms with van der Waals surface area (Å²) in [5.41, 5.74) is 0.182. The molecular formula is C18H18F3NO3. The fourth-order valence-corrected chi connectivity index (χ4v) is 2.33. The van der Waals surface area contributed by atoms with Crippen LogP contribution in [0.4, 0.5) is 13.2 Å². The number of benzene rings is 2. The van der Waals surface area contributed by atoms with E-state index in [4.69, 9.17) is 9.47 Å². The van der Waals surface area contributed by atoms with E-state index < -0.39 is 11.7 Å². The zero-order valence-electron chi connectivity index (χ0n) is 14.1. The largest absolute Gasteiger partial charge is 0.497 e. The van der Waals surface area contributed by atoms with E-state index in [0.29, 0.717) is 22.6 Å². The van der Waals surface area contributed by atoms with E-state index in [1.54, 1.807) is 25.2 Å². The van der Waals surface area contributed by atoms with Crippen LogP contribution in [-0.2, 0) is 12.7 Å². The Labute approximate surface area is 143 Å². The minimum absolute atomic E-state index is 0.164. The Bertz CT molecular complexity index is 742. The van der Waals surface area contributed by atoms with Gasteiger partial charge in [-0.1, -0.05) is 12.1 Å². The van der Waals surface area contributed by atoms with E-state index >= 15 is 0 Å². The van der Waals surface area contributed by atoms with Crippen molar-refractivity contribution >= 4 is 5.91 Å². The predicted octanol–water partition coefficient (Wildman–Crippen LogP) is 3.99. The molecule has 0 saturated carbocycles. The number of methoxy groups -OCH3 is 2. The molecule has 134 valence electrons. The Morgan fingerprint density at radius 1 is 1.04 bits per heavy atom. The molecule has 0 aliphatic heterocycles. The van der Waals surface area contributed by atoms with Crippen molar-refractivity contribution in [3.8, 4) is 11.5 Å². The van der Waals surface area contributed by atoms with Crippen LogP contribution in [0.2, 0.25) is 0 Å². The highest BCUT2D eigenvalue weighted by atomic mass is 19.4. The maximum Gasteiger partial charge on any atom is 0.416 e. The lowest BCUT2D eigenvalue weighted by atomic mass is 10.1. The molecule has 0 aliphatic rings. The zero-order chi connectivity index (χ0) is 18.6. The number of hydrogen-bond acceptors (Lipinski definition) is 3. The highest BCUT2D eigenvalue weighted by Crippen LogP contribution is 2.29. The van der Waals surface area contributed by atoms with Crippen LogP contribution in [-0.4, -0.2) is 32.1 Å². The van der Waals surface area contributed by atoms with E-state index in [1.807, 2.05) is 0 Å². The number of hydrogen-bond donors (Lipinski definition) is 0. The molecule has 0 atom stereocenters. The van der Waals surface area contributed by atoms with Crippen molar-refractivity contribution < 1.29 is 27.4 Å². The number of amides is 1. The number of carbonyl (C=O) groups excluding carboxylic acids is 1. The molecule has 0 spiro atoms. The van der Waals surface area contributed by atoms with E-state index in [0.717, 1.165) is 12.1 Å². The smallest absolute Gasteiger partial charge is 0.416 e. The van der Waals surface area contributed by atoms with Gasteiger partial charge >= 0.3 is 6.18 Å². The summed E-state index contributed by atoms with van der Waals surface area (Å²) < 4.78 is 48.1. The van der Waals surface area contributed by atoms with E-state index in [1.165, 1.54) is 31.3 Å². The van der Waals surface area contributed by atoms with Gasteiger partial charge < -0.3 is 14.4 Å². The Hall–Kier alpha value is -2.70. The number of nitrogens with zero attached hydrogens (tertiary/aromatic N) is 1. The summed E-state index contributed by atoms with van der Waals surface area (Å²) in [6.07, 6.45) is -4.38. The standard InChI is InChI=1S/C18H18F3NO3/c1-22(11-12-4-6-13(7-5-12)18(19,20)21)17(23)15-10-14(24-2)8-9-16(15)25-3/h4-10H,11H2,1-3H3. The first-order valence-electron chi connectivity index (χ1n) is 7.40. The highest BCUT2D eigenvalue weighted by Gasteiger charge is 2.30. The van der Waals surface area contributed by atoms with Crippen molar-refractivity contribution in [3.63, 3.8) is 0 Å². The zero-order valence-corrected chi connectivity index (χ0v) is 14.1. The van der Waals surface area contributed by atoms with Crippen LogP contribution in [0.5, 0.6) is 11.5 Å². The summed E-state index contributed by atoms with van der Waals surface area (Å²) in [7, 11) is 4.51. The molecule has 2 aromatic rings. The third-order valence-electron chi connectivity index (χ3n) is 3.68. The first kappa shape index (κ1) is 18.6. The number of alkyl halides is 3. The number of carbonyl (C=O) groups is 1. The number of ether oxygens (including phenoxy) is 2.